The molecule has 1 fully saturated rings. The highest BCUT2D eigenvalue weighted by atomic mass is 16.1. The molecule has 7 nitrogen and oxygen atoms in total. The van der Waals surface area contributed by atoms with Crippen molar-refractivity contribution in [1.29, 1.82) is 0 Å². The zero-order valence-electron chi connectivity index (χ0n) is 24.1. The maximum Gasteiger partial charge on any atom is 0.253 e. The lowest BCUT2D eigenvalue weighted by atomic mass is 9.99. The predicted molar refractivity (Wildman–Crippen MR) is 163 cm³/mol. The highest BCUT2D eigenvalue weighted by molar-refractivity contribution is 5.79. The van der Waals surface area contributed by atoms with E-state index in [9.17, 15) is 4.79 Å². The first-order chi connectivity index (χ1) is 20.0. The zero-order valence-corrected chi connectivity index (χ0v) is 24.1. The molecule has 1 N–H and O–H groups in total. The largest absolute Gasteiger partial charge is 0.322 e. The fourth-order valence-electron chi connectivity index (χ4n) is 6.12. The van der Waals surface area contributed by atoms with E-state index in [4.69, 9.17) is 0 Å². The normalized spacial score (nSPS) is 14.9. The number of nitrogens with zero attached hydrogens (tertiary/aromatic N) is 5. The molecule has 0 aliphatic heterocycles. The molecule has 0 bridgehead atoms. The topological polar surface area (TPSA) is 79.7 Å². The van der Waals surface area contributed by atoms with Crippen LogP contribution < -0.4 is 5.56 Å². The van der Waals surface area contributed by atoms with Crippen LogP contribution >= 0.6 is 0 Å². The van der Waals surface area contributed by atoms with E-state index >= 15 is 0 Å². The Balaban J connectivity index is 1.51. The fraction of sp³-hybridized carbons (Fsp3) is 0.353. The van der Waals surface area contributed by atoms with Crippen molar-refractivity contribution in [3.63, 3.8) is 0 Å². The van der Waals surface area contributed by atoms with E-state index in [-0.39, 0.29) is 11.6 Å². The number of aromatic nitrogens is 5. The third-order valence-corrected chi connectivity index (χ3v) is 8.38. The van der Waals surface area contributed by atoms with Crippen molar-refractivity contribution in [2.45, 2.75) is 77.5 Å². The zero-order chi connectivity index (χ0) is 28.3. The van der Waals surface area contributed by atoms with Gasteiger partial charge in [0.2, 0.25) is 0 Å². The summed E-state index contributed by atoms with van der Waals surface area (Å²) in [5, 5.41) is 14.3. The van der Waals surface area contributed by atoms with Crippen LogP contribution in [-0.2, 0) is 13.1 Å². The van der Waals surface area contributed by atoms with E-state index in [0.717, 1.165) is 35.1 Å². The Kier molecular flexibility index (Phi) is 7.79. The Morgan fingerprint density at radius 1 is 0.927 bits per heavy atom. The number of pyridine rings is 1. The number of hydrogen-bond acceptors (Lipinski definition) is 5. The van der Waals surface area contributed by atoms with Crippen LogP contribution in [0.1, 0.15) is 91.2 Å². The number of nitrogens with one attached hydrogen (secondary N) is 1. The van der Waals surface area contributed by atoms with Gasteiger partial charge in [0.1, 0.15) is 6.04 Å². The number of rotatable bonds is 9. The molecule has 41 heavy (non-hydrogen) atoms. The van der Waals surface area contributed by atoms with Crippen LogP contribution in [0, 0.1) is 6.92 Å². The summed E-state index contributed by atoms with van der Waals surface area (Å²) in [5.74, 6) is 1.19. The molecule has 210 valence electrons. The second-order valence-electron chi connectivity index (χ2n) is 11.8. The summed E-state index contributed by atoms with van der Waals surface area (Å²) in [6, 6.07) is 27.3. The van der Waals surface area contributed by atoms with E-state index < -0.39 is 6.04 Å². The molecule has 3 aromatic carbocycles. The molecule has 1 unspecified atom stereocenters. The Labute approximate surface area is 241 Å². The van der Waals surface area contributed by atoms with Gasteiger partial charge in [0, 0.05) is 24.2 Å². The van der Waals surface area contributed by atoms with E-state index in [0.29, 0.717) is 24.6 Å². The van der Waals surface area contributed by atoms with E-state index in [2.05, 4.69) is 99.9 Å². The number of benzene rings is 3. The number of aryl methyl sites for hydroxylation is 1. The minimum atomic E-state index is -0.440. The van der Waals surface area contributed by atoms with Crippen LogP contribution in [0.3, 0.4) is 0 Å². The van der Waals surface area contributed by atoms with Gasteiger partial charge in [0.15, 0.2) is 5.82 Å². The standard InChI is InChI=1S/C34H38N6O/c1-23(2)27-17-14-26(15-18-27)22-39(21-25-9-5-4-6-10-25)32(33-36-37-38-40(33)29-11-7-8-12-29)30-20-28-16-13-24(3)19-31(28)35-34(30)41/h4-6,9-10,13-20,23,29,32H,7-8,11-12,21-22H2,1-3H3,(H,35,41). The lowest BCUT2D eigenvalue weighted by Crippen LogP contribution is -2.35. The maximum absolute atomic E-state index is 13.9. The van der Waals surface area contributed by atoms with Gasteiger partial charge in [-0.05, 0) is 75.9 Å². The average molecular weight is 547 g/mol. The van der Waals surface area contributed by atoms with Crippen molar-refractivity contribution in [2.24, 2.45) is 0 Å². The van der Waals surface area contributed by atoms with Crippen molar-refractivity contribution in [2.75, 3.05) is 0 Å². The van der Waals surface area contributed by atoms with Gasteiger partial charge in [0.25, 0.3) is 5.56 Å². The smallest absolute Gasteiger partial charge is 0.253 e. The van der Waals surface area contributed by atoms with Crippen molar-refractivity contribution in [1.82, 2.24) is 30.1 Å². The summed E-state index contributed by atoms with van der Waals surface area (Å²) in [4.78, 5) is 19.4. The summed E-state index contributed by atoms with van der Waals surface area (Å²) in [6.07, 6.45) is 4.43. The molecule has 0 saturated heterocycles. The first kappa shape index (κ1) is 27.1. The lowest BCUT2D eigenvalue weighted by molar-refractivity contribution is 0.190. The van der Waals surface area contributed by atoms with Gasteiger partial charge in [-0.3, -0.25) is 9.69 Å². The Bertz CT molecular complexity index is 1670. The second-order valence-corrected chi connectivity index (χ2v) is 11.8. The Morgan fingerprint density at radius 3 is 2.34 bits per heavy atom. The summed E-state index contributed by atoms with van der Waals surface area (Å²) in [5.41, 5.74) is 6.16. The minimum absolute atomic E-state index is 0.109. The van der Waals surface area contributed by atoms with E-state index in [1.807, 2.05) is 29.8 Å². The van der Waals surface area contributed by atoms with Gasteiger partial charge < -0.3 is 4.98 Å². The molecular formula is C34H38N6O. The Morgan fingerprint density at radius 2 is 1.63 bits per heavy atom. The van der Waals surface area contributed by atoms with Gasteiger partial charge in [-0.25, -0.2) is 4.68 Å². The molecule has 1 aliphatic carbocycles. The summed E-state index contributed by atoms with van der Waals surface area (Å²) in [7, 11) is 0. The summed E-state index contributed by atoms with van der Waals surface area (Å²) in [6.45, 7) is 7.74. The van der Waals surface area contributed by atoms with Gasteiger partial charge >= 0.3 is 0 Å². The SMILES string of the molecule is Cc1ccc2cc(C(c3nnnn3C3CCCC3)N(Cc3ccccc3)Cc3ccc(C(C)C)cc3)c(=O)[nH]c2c1. The molecule has 1 atom stereocenters. The van der Waals surface area contributed by atoms with Gasteiger partial charge in [-0.1, -0.05) is 93.4 Å². The number of hydrogen-bond donors (Lipinski definition) is 1. The lowest BCUT2D eigenvalue weighted by Gasteiger charge is -2.32. The van der Waals surface area contributed by atoms with Gasteiger partial charge in [-0.2, -0.15) is 0 Å². The molecule has 7 heteroatoms. The van der Waals surface area contributed by atoms with Crippen LogP contribution in [0.5, 0.6) is 0 Å². The van der Waals surface area contributed by atoms with Crippen molar-refractivity contribution in [3.05, 3.63) is 123 Å². The monoisotopic (exact) mass is 546 g/mol. The third kappa shape index (κ3) is 5.86. The van der Waals surface area contributed by atoms with Crippen molar-refractivity contribution >= 4 is 10.9 Å². The van der Waals surface area contributed by atoms with E-state index in [1.54, 1.807) is 0 Å². The molecule has 6 rings (SSSR count). The van der Waals surface area contributed by atoms with Crippen LogP contribution in [0.25, 0.3) is 10.9 Å². The molecule has 5 aromatic rings. The molecule has 1 saturated carbocycles. The average Bonchev–Trinajstić information content (AvgIpc) is 3.67. The molecule has 0 amide bonds. The second kappa shape index (κ2) is 11.8. The first-order valence-electron chi connectivity index (χ1n) is 14.7. The molecule has 2 heterocycles. The quantitative estimate of drug-likeness (QED) is 0.219. The number of H-pyrrole nitrogens is 1. The summed E-state index contributed by atoms with van der Waals surface area (Å²) < 4.78 is 2.00. The molecular weight excluding hydrogens is 508 g/mol. The van der Waals surface area contributed by atoms with Gasteiger partial charge in [-0.15, -0.1) is 5.10 Å². The number of fused-ring (bicyclic) bond motifs is 1. The molecule has 0 spiro atoms. The Hall–Kier alpha value is -4.10. The van der Waals surface area contributed by atoms with Crippen molar-refractivity contribution in [3.8, 4) is 0 Å². The highest BCUT2D eigenvalue weighted by Crippen LogP contribution is 2.35. The molecule has 0 radical (unpaired) electrons. The van der Waals surface area contributed by atoms with Crippen LogP contribution in [0.15, 0.2) is 83.7 Å². The highest BCUT2D eigenvalue weighted by Gasteiger charge is 2.33. The molecule has 2 aromatic heterocycles. The minimum Gasteiger partial charge on any atom is -0.322 e. The first-order valence-corrected chi connectivity index (χ1v) is 14.7. The van der Waals surface area contributed by atoms with Crippen molar-refractivity contribution < 1.29 is 0 Å². The third-order valence-electron chi connectivity index (χ3n) is 8.38. The molecule has 1 aliphatic rings. The van der Waals surface area contributed by atoms with Crippen LogP contribution in [-0.4, -0.2) is 30.1 Å². The number of aromatic amines is 1. The van der Waals surface area contributed by atoms with E-state index in [1.165, 1.54) is 29.5 Å². The van der Waals surface area contributed by atoms with Crippen LogP contribution in [0.2, 0.25) is 0 Å². The van der Waals surface area contributed by atoms with Gasteiger partial charge in [0.05, 0.1) is 6.04 Å². The van der Waals surface area contributed by atoms with Crippen LogP contribution in [0.4, 0.5) is 0 Å². The predicted octanol–water partition coefficient (Wildman–Crippen LogP) is 6.85. The number of tetrazole rings is 1. The maximum atomic E-state index is 13.9. The fourth-order valence-corrected chi connectivity index (χ4v) is 6.12. The summed E-state index contributed by atoms with van der Waals surface area (Å²) >= 11 is 0.